The fraction of sp³-hybridized carbons (Fsp3) is 0.0667. The third-order valence-corrected chi connectivity index (χ3v) is 3.43. The van der Waals surface area contributed by atoms with Gasteiger partial charge in [0.2, 0.25) is 0 Å². The SMILES string of the molecule is CS(=O)(=O)Oc1cccc2cc3ccccc3cc12.[H-].[Na+]. The Balaban J connectivity index is 0.00000110. The molecule has 3 rings (SSSR count). The summed E-state index contributed by atoms with van der Waals surface area (Å²) in [5, 5.41) is 3.93. The second-order valence-corrected chi connectivity index (χ2v) is 6.04. The van der Waals surface area contributed by atoms with Crippen LogP contribution in [0.25, 0.3) is 21.5 Å². The van der Waals surface area contributed by atoms with E-state index in [1.807, 2.05) is 42.5 Å². The fourth-order valence-electron chi connectivity index (χ4n) is 2.17. The van der Waals surface area contributed by atoms with E-state index in [-0.39, 0.29) is 31.0 Å². The van der Waals surface area contributed by atoms with E-state index in [1.54, 1.807) is 12.1 Å². The van der Waals surface area contributed by atoms with E-state index in [2.05, 4.69) is 0 Å². The molecule has 0 heterocycles. The average molecular weight is 296 g/mol. The molecule has 0 fully saturated rings. The van der Waals surface area contributed by atoms with Gasteiger partial charge in [0.25, 0.3) is 0 Å². The topological polar surface area (TPSA) is 43.4 Å². The van der Waals surface area contributed by atoms with Crippen molar-refractivity contribution in [2.75, 3.05) is 6.26 Å². The van der Waals surface area contributed by atoms with E-state index in [9.17, 15) is 8.42 Å². The van der Waals surface area contributed by atoms with Crippen LogP contribution in [0.5, 0.6) is 5.75 Å². The van der Waals surface area contributed by atoms with Gasteiger partial charge in [-0.25, -0.2) is 0 Å². The van der Waals surface area contributed by atoms with Crippen LogP contribution in [0.1, 0.15) is 1.43 Å². The van der Waals surface area contributed by atoms with Gasteiger partial charge in [0.15, 0.2) is 0 Å². The average Bonchev–Trinajstić information content (AvgIpc) is 2.35. The molecule has 0 amide bonds. The van der Waals surface area contributed by atoms with E-state index in [0.717, 1.165) is 27.8 Å². The van der Waals surface area contributed by atoms with Gasteiger partial charge in [-0.05, 0) is 34.4 Å². The van der Waals surface area contributed by atoms with Gasteiger partial charge in [-0.15, -0.1) is 0 Å². The number of hydrogen-bond acceptors (Lipinski definition) is 3. The first kappa shape index (κ1) is 15.3. The number of benzene rings is 3. The van der Waals surface area contributed by atoms with Crippen LogP contribution < -0.4 is 33.7 Å². The van der Waals surface area contributed by atoms with Gasteiger partial charge in [-0.3, -0.25) is 0 Å². The second kappa shape index (κ2) is 5.74. The second-order valence-electron chi connectivity index (χ2n) is 4.46. The summed E-state index contributed by atoms with van der Waals surface area (Å²) in [4.78, 5) is 0. The quantitative estimate of drug-likeness (QED) is 0.392. The molecule has 0 atom stereocenters. The summed E-state index contributed by atoms with van der Waals surface area (Å²) >= 11 is 0. The van der Waals surface area contributed by atoms with Gasteiger partial charge in [-0.1, -0.05) is 36.4 Å². The van der Waals surface area contributed by atoms with Crippen LogP contribution in [0.15, 0.2) is 54.6 Å². The van der Waals surface area contributed by atoms with E-state index < -0.39 is 10.1 Å². The van der Waals surface area contributed by atoms with Gasteiger partial charge in [0.05, 0.1) is 6.26 Å². The molecule has 0 radical (unpaired) electrons. The van der Waals surface area contributed by atoms with Crippen LogP contribution in [0.2, 0.25) is 0 Å². The molecular weight excluding hydrogens is 283 g/mol. The van der Waals surface area contributed by atoms with Gasteiger partial charge in [0, 0.05) is 5.39 Å². The van der Waals surface area contributed by atoms with Crippen molar-refractivity contribution in [1.82, 2.24) is 0 Å². The summed E-state index contributed by atoms with van der Waals surface area (Å²) < 4.78 is 27.6. The summed E-state index contributed by atoms with van der Waals surface area (Å²) in [5.41, 5.74) is 0. The Morgan fingerprint density at radius 1 is 0.900 bits per heavy atom. The van der Waals surface area contributed by atoms with Crippen molar-refractivity contribution in [2.45, 2.75) is 0 Å². The zero-order valence-electron chi connectivity index (χ0n) is 12.3. The summed E-state index contributed by atoms with van der Waals surface area (Å²) in [6, 6.07) is 17.3. The van der Waals surface area contributed by atoms with Crippen LogP contribution in [-0.2, 0) is 10.1 Å². The van der Waals surface area contributed by atoms with Gasteiger partial charge in [-0.2, -0.15) is 8.42 Å². The summed E-state index contributed by atoms with van der Waals surface area (Å²) in [6.07, 6.45) is 1.05. The molecule has 0 aliphatic heterocycles. The zero-order valence-corrected chi connectivity index (χ0v) is 14.1. The van der Waals surface area contributed by atoms with E-state index >= 15 is 0 Å². The van der Waals surface area contributed by atoms with Crippen LogP contribution >= 0.6 is 0 Å². The van der Waals surface area contributed by atoms with Crippen LogP contribution in [0.3, 0.4) is 0 Å². The van der Waals surface area contributed by atoms with Crippen molar-refractivity contribution in [2.24, 2.45) is 0 Å². The smallest absolute Gasteiger partial charge is 1.00 e. The monoisotopic (exact) mass is 296 g/mol. The van der Waals surface area contributed by atoms with Crippen molar-refractivity contribution in [3.05, 3.63) is 54.6 Å². The summed E-state index contributed by atoms with van der Waals surface area (Å²) in [7, 11) is -3.52. The number of fused-ring (bicyclic) bond motifs is 2. The first-order valence-corrected chi connectivity index (χ1v) is 7.65. The Bertz CT molecular complexity index is 878. The summed E-state index contributed by atoms with van der Waals surface area (Å²) in [5.74, 6) is 0.366. The molecule has 0 saturated carbocycles. The molecule has 98 valence electrons. The van der Waals surface area contributed by atoms with Crippen molar-refractivity contribution in [3.8, 4) is 5.75 Å². The van der Waals surface area contributed by atoms with Crippen LogP contribution in [0.4, 0.5) is 0 Å². The Kier molecular flexibility index (Phi) is 4.39. The largest absolute Gasteiger partial charge is 1.00 e. The third kappa shape index (κ3) is 3.15. The van der Waals surface area contributed by atoms with E-state index in [1.165, 1.54) is 0 Å². The maximum absolute atomic E-state index is 11.3. The first-order chi connectivity index (χ1) is 9.03. The number of rotatable bonds is 2. The Morgan fingerprint density at radius 3 is 2.15 bits per heavy atom. The molecule has 0 saturated heterocycles. The minimum atomic E-state index is -3.52. The standard InChI is InChI=1S/C15H12O3S.Na.H/c1-19(16,17)18-15-8-4-7-13-9-11-5-2-3-6-12(11)10-14(13)15;;/h2-10H,1H3;;/q;+1;-1. The van der Waals surface area contributed by atoms with Gasteiger partial charge < -0.3 is 5.61 Å². The molecule has 0 aliphatic carbocycles. The predicted octanol–water partition coefficient (Wildman–Crippen LogP) is 0.448. The fourth-order valence-corrected chi connectivity index (χ4v) is 2.65. The first-order valence-electron chi connectivity index (χ1n) is 5.84. The molecule has 0 N–H and O–H groups in total. The maximum Gasteiger partial charge on any atom is 1.00 e. The van der Waals surface area contributed by atoms with Gasteiger partial charge in [0.1, 0.15) is 5.75 Å². The van der Waals surface area contributed by atoms with Crippen molar-refractivity contribution < 1.29 is 43.6 Å². The Morgan fingerprint density at radius 2 is 1.50 bits per heavy atom. The molecule has 0 unspecified atom stereocenters. The molecule has 3 aromatic rings. The molecule has 0 bridgehead atoms. The minimum absolute atomic E-state index is 0. The molecule has 3 nitrogen and oxygen atoms in total. The molecule has 20 heavy (non-hydrogen) atoms. The Labute approximate surface area is 141 Å². The Hall–Kier alpha value is -1.07. The maximum atomic E-state index is 11.3. The third-order valence-electron chi connectivity index (χ3n) is 2.95. The molecule has 0 aromatic heterocycles. The molecule has 5 heteroatoms. The minimum Gasteiger partial charge on any atom is -1.00 e. The predicted molar refractivity (Wildman–Crippen MR) is 78.0 cm³/mol. The van der Waals surface area contributed by atoms with Crippen molar-refractivity contribution >= 4 is 31.7 Å². The normalized spacial score (nSPS) is 11.2. The molecule has 3 aromatic carbocycles. The van der Waals surface area contributed by atoms with Crippen LogP contribution in [-0.4, -0.2) is 14.7 Å². The molecular formula is C15H13NaO3S. The van der Waals surface area contributed by atoms with Crippen LogP contribution in [0, 0.1) is 0 Å². The number of hydrogen-bond donors (Lipinski definition) is 0. The molecule has 0 aliphatic rings. The summed E-state index contributed by atoms with van der Waals surface area (Å²) in [6.45, 7) is 0. The van der Waals surface area contributed by atoms with Crippen molar-refractivity contribution in [1.29, 1.82) is 0 Å². The van der Waals surface area contributed by atoms with Crippen molar-refractivity contribution in [3.63, 3.8) is 0 Å². The van der Waals surface area contributed by atoms with E-state index in [0.29, 0.717) is 5.75 Å². The van der Waals surface area contributed by atoms with E-state index in [4.69, 9.17) is 4.18 Å². The molecule has 0 spiro atoms. The van der Waals surface area contributed by atoms with Gasteiger partial charge >= 0.3 is 39.7 Å². The zero-order chi connectivity index (χ0) is 13.5.